The minimum atomic E-state index is -1.54. The lowest BCUT2D eigenvalue weighted by molar-refractivity contribution is -0.174. The van der Waals surface area contributed by atoms with E-state index in [1.165, 1.54) is 0 Å². The van der Waals surface area contributed by atoms with Crippen LogP contribution in [0.2, 0.25) is 5.02 Å². The third-order valence-electron chi connectivity index (χ3n) is 7.45. The molecule has 1 aliphatic rings. The highest BCUT2D eigenvalue weighted by molar-refractivity contribution is 6.30. The average molecular weight is 499 g/mol. The molecule has 0 radical (unpaired) electrons. The number of ether oxygens (including phenoxy) is 1. The van der Waals surface area contributed by atoms with Gasteiger partial charge in [0, 0.05) is 29.4 Å². The van der Waals surface area contributed by atoms with Crippen LogP contribution in [0.5, 0.6) is 5.75 Å². The van der Waals surface area contributed by atoms with Crippen molar-refractivity contribution in [1.82, 2.24) is 5.32 Å². The third-order valence-corrected chi connectivity index (χ3v) is 7.69. The van der Waals surface area contributed by atoms with Crippen LogP contribution in [0.25, 0.3) is 0 Å². The number of carboxylic acid groups (broad SMARTS) is 2. The number of rotatable bonds is 10. The fraction of sp³-hybridized carbons (Fsp3) is 0.444. The van der Waals surface area contributed by atoms with E-state index in [-0.39, 0.29) is 25.9 Å². The summed E-state index contributed by atoms with van der Waals surface area (Å²) in [7, 11) is 0. The van der Waals surface area contributed by atoms with E-state index in [4.69, 9.17) is 16.3 Å². The first-order valence-electron chi connectivity index (χ1n) is 11.7. The maximum absolute atomic E-state index is 13.1. The predicted molar refractivity (Wildman–Crippen MR) is 132 cm³/mol. The summed E-state index contributed by atoms with van der Waals surface area (Å²) in [6.07, 6.45) is 0.560. The van der Waals surface area contributed by atoms with E-state index < -0.39 is 40.8 Å². The van der Waals surface area contributed by atoms with Gasteiger partial charge in [0.15, 0.2) is 0 Å². The first kappa shape index (κ1) is 26.5. The summed E-state index contributed by atoms with van der Waals surface area (Å²) in [5.74, 6) is -2.46. The molecule has 1 aliphatic heterocycles. The number of halogens is 1. The normalized spacial score (nSPS) is 28.1. The van der Waals surface area contributed by atoms with Crippen molar-refractivity contribution in [2.75, 3.05) is 6.61 Å². The first-order valence-corrected chi connectivity index (χ1v) is 12.1. The highest BCUT2D eigenvalue weighted by Gasteiger charge is 2.66. The molecule has 0 bridgehead atoms. The van der Waals surface area contributed by atoms with Crippen molar-refractivity contribution in [3.05, 3.63) is 65.2 Å². The molecule has 5 unspecified atom stereocenters. The summed E-state index contributed by atoms with van der Waals surface area (Å²) in [5.41, 5.74) is -2.47. The number of hydrogen-bond acceptors (Lipinski definition) is 5. The van der Waals surface area contributed by atoms with E-state index in [9.17, 15) is 25.1 Å². The summed E-state index contributed by atoms with van der Waals surface area (Å²) in [6.45, 7) is 3.82. The van der Waals surface area contributed by atoms with Crippen molar-refractivity contribution in [2.45, 2.75) is 57.5 Å². The van der Waals surface area contributed by atoms with Crippen LogP contribution in [-0.4, -0.2) is 40.8 Å². The SMILES string of the molecule is CC1NC(C)C(CCCOc2ccccc2)(C(=O)O)C(c2cccc(Cl)c2)C1(CCC#N)C(=O)O. The van der Waals surface area contributed by atoms with Gasteiger partial charge in [-0.05, 0) is 62.9 Å². The zero-order chi connectivity index (χ0) is 25.6. The molecule has 0 spiro atoms. The third kappa shape index (κ3) is 5.00. The molecule has 0 aromatic heterocycles. The number of para-hydroxylation sites is 1. The summed E-state index contributed by atoms with van der Waals surface area (Å²) in [5, 5.41) is 34.3. The van der Waals surface area contributed by atoms with E-state index in [1.54, 1.807) is 38.1 Å². The molecule has 8 heteroatoms. The van der Waals surface area contributed by atoms with Crippen molar-refractivity contribution < 1.29 is 24.5 Å². The molecule has 7 nitrogen and oxygen atoms in total. The van der Waals surface area contributed by atoms with Gasteiger partial charge >= 0.3 is 11.9 Å². The van der Waals surface area contributed by atoms with Crippen LogP contribution >= 0.6 is 11.6 Å². The Morgan fingerprint density at radius 1 is 1.03 bits per heavy atom. The van der Waals surface area contributed by atoms with Crippen LogP contribution in [0, 0.1) is 22.2 Å². The van der Waals surface area contributed by atoms with E-state index >= 15 is 0 Å². The molecule has 1 saturated heterocycles. The maximum atomic E-state index is 13.1. The minimum absolute atomic E-state index is 0.00639. The van der Waals surface area contributed by atoms with Crippen LogP contribution in [-0.2, 0) is 9.59 Å². The molecule has 1 fully saturated rings. The zero-order valence-electron chi connectivity index (χ0n) is 19.9. The molecule has 3 rings (SSSR count). The summed E-state index contributed by atoms with van der Waals surface area (Å²) < 4.78 is 5.81. The van der Waals surface area contributed by atoms with Gasteiger partial charge in [0.1, 0.15) is 5.75 Å². The van der Waals surface area contributed by atoms with E-state index in [0.29, 0.717) is 22.8 Å². The average Bonchev–Trinajstić information content (AvgIpc) is 2.82. The van der Waals surface area contributed by atoms with Crippen LogP contribution in [0.4, 0.5) is 0 Å². The van der Waals surface area contributed by atoms with Crippen molar-refractivity contribution in [1.29, 1.82) is 5.26 Å². The summed E-state index contributed by atoms with van der Waals surface area (Å²) >= 11 is 6.30. The van der Waals surface area contributed by atoms with Crippen LogP contribution in [0.3, 0.4) is 0 Å². The highest BCUT2D eigenvalue weighted by Crippen LogP contribution is 2.59. The van der Waals surface area contributed by atoms with Crippen LogP contribution < -0.4 is 10.1 Å². The second-order valence-electron chi connectivity index (χ2n) is 9.21. The second-order valence-corrected chi connectivity index (χ2v) is 9.65. The standard InChI is InChI=1S/C27H31ClN2O5/c1-18-26(24(31)32,13-7-15-29)23(20-9-6-10-21(28)17-20)27(25(33)34,19(2)30-18)14-8-16-35-22-11-4-3-5-12-22/h3-6,9-12,17-19,23,30H,7-8,13-14,16H2,1-2H3,(H,31,32)(H,33,34). The lowest BCUT2D eigenvalue weighted by Crippen LogP contribution is -2.69. The molecule has 35 heavy (non-hydrogen) atoms. The molecule has 0 aliphatic carbocycles. The van der Waals surface area contributed by atoms with Crippen molar-refractivity contribution in [3.8, 4) is 11.8 Å². The number of aliphatic carboxylic acids is 2. The van der Waals surface area contributed by atoms with Gasteiger partial charge in [-0.15, -0.1) is 0 Å². The molecular weight excluding hydrogens is 468 g/mol. The number of nitrogens with zero attached hydrogens (tertiary/aromatic N) is 1. The number of carbonyl (C=O) groups is 2. The number of benzene rings is 2. The zero-order valence-corrected chi connectivity index (χ0v) is 20.7. The monoisotopic (exact) mass is 498 g/mol. The fourth-order valence-corrected chi connectivity index (χ4v) is 6.00. The number of carboxylic acids is 2. The van der Waals surface area contributed by atoms with Crippen molar-refractivity contribution in [2.24, 2.45) is 10.8 Å². The van der Waals surface area contributed by atoms with E-state index in [2.05, 4.69) is 11.4 Å². The number of piperidine rings is 1. The van der Waals surface area contributed by atoms with E-state index in [0.717, 1.165) is 0 Å². The maximum Gasteiger partial charge on any atom is 0.311 e. The number of hydrogen-bond donors (Lipinski definition) is 3. The molecule has 2 aromatic carbocycles. The number of nitrogens with one attached hydrogen (secondary N) is 1. The van der Waals surface area contributed by atoms with Gasteiger partial charge in [0.2, 0.25) is 0 Å². The van der Waals surface area contributed by atoms with Crippen molar-refractivity contribution >= 4 is 23.5 Å². The Balaban J connectivity index is 2.11. The number of nitriles is 1. The molecule has 2 aromatic rings. The lowest BCUT2D eigenvalue weighted by Gasteiger charge is -2.57. The largest absolute Gasteiger partial charge is 0.494 e. The Hall–Kier alpha value is -3.08. The molecule has 3 N–H and O–H groups in total. The Morgan fingerprint density at radius 2 is 1.66 bits per heavy atom. The fourth-order valence-electron chi connectivity index (χ4n) is 5.80. The summed E-state index contributed by atoms with van der Waals surface area (Å²) in [6, 6.07) is 16.9. The van der Waals surface area contributed by atoms with Crippen molar-refractivity contribution in [3.63, 3.8) is 0 Å². The van der Waals surface area contributed by atoms with Gasteiger partial charge in [-0.3, -0.25) is 9.59 Å². The second kappa shape index (κ2) is 11.1. The van der Waals surface area contributed by atoms with Gasteiger partial charge < -0.3 is 20.3 Å². The van der Waals surface area contributed by atoms with E-state index in [1.807, 2.05) is 30.3 Å². The van der Waals surface area contributed by atoms with Crippen LogP contribution in [0.1, 0.15) is 51.0 Å². The van der Waals surface area contributed by atoms with Gasteiger partial charge in [-0.2, -0.15) is 5.26 Å². The van der Waals surface area contributed by atoms with Crippen LogP contribution in [0.15, 0.2) is 54.6 Å². The quantitative estimate of drug-likeness (QED) is 0.389. The van der Waals surface area contributed by atoms with Gasteiger partial charge in [0.05, 0.1) is 23.5 Å². The lowest BCUT2D eigenvalue weighted by atomic mass is 9.49. The van der Waals surface area contributed by atoms with Gasteiger partial charge in [-0.1, -0.05) is 41.9 Å². The Kier molecular flexibility index (Phi) is 8.42. The highest BCUT2D eigenvalue weighted by atomic mass is 35.5. The Bertz CT molecular complexity index is 1090. The first-order chi connectivity index (χ1) is 16.7. The molecule has 0 amide bonds. The van der Waals surface area contributed by atoms with Gasteiger partial charge in [0.25, 0.3) is 0 Å². The topological polar surface area (TPSA) is 120 Å². The predicted octanol–water partition coefficient (Wildman–Crippen LogP) is 5.11. The molecule has 0 saturated carbocycles. The molecule has 186 valence electrons. The molecular formula is C27H31ClN2O5. The smallest absolute Gasteiger partial charge is 0.311 e. The van der Waals surface area contributed by atoms with Gasteiger partial charge in [-0.25, -0.2) is 0 Å². The molecule has 1 heterocycles. The molecule has 5 atom stereocenters. The Labute approximate surface area is 210 Å². The minimum Gasteiger partial charge on any atom is -0.494 e. The summed E-state index contributed by atoms with van der Waals surface area (Å²) in [4.78, 5) is 26.1. The Morgan fingerprint density at radius 3 is 2.23 bits per heavy atom.